The summed E-state index contributed by atoms with van der Waals surface area (Å²) in [6, 6.07) is 8.39. The van der Waals surface area contributed by atoms with Crippen LogP contribution < -0.4 is 10.6 Å². The third-order valence-electron chi connectivity index (χ3n) is 4.74. The van der Waals surface area contributed by atoms with Gasteiger partial charge in [-0.15, -0.1) is 0 Å². The van der Waals surface area contributed by atoms with Crippen LogP contribution >= 0.6 is 0 Å². The number of hydrogen-bond acceptors (Lipinski definition) is 3. The molecule has 0 saturated heterocycles. The van der Waals surface area contributed by atoms with E-state index in [1.54, 1.807) is 12.1 Å². The number of nitrogens with zero attached hydrogens (tertiary/aromatic N) is 2. The van der Waals surface area contributed by atoms with Gasteiger partial charge in [0.2, 0.25) is 0 Å². The summed E-state index contributed by atoms with van der Waals surface area (Å²) in [6.45, 7) is 2.32. The van der Waals surface area contributed by atoms with E-state index in [0.717, 1.165) is 24.1 Å². The third kappa shape index (κ3) is 4.41. The fourth-order valence-corrected chi connectivity index (χ4v) is 3.35. The third-order valence-corrected chi connectivity index (χ3v) is 4.74. The molecule has 26 heavy (non-hydrogen) atoms. The first-order valence-corrected chi connectivity index (χ1v) is 8.96. The van der Waals surface area contributed by atoms with Crippen molar-refractivity contribution >= 4 is 17.8 Å². The maximum absolute atomic E-state index is 12.1. The molecule has 0 unspecified atom stereocenters. The fourth-order valence-electron chi connectivity index (χ4n) is 3.35. The maximum Gasteiger partial charge on any atom is 0.335 e. The Kier molecular flexibility index (Phi) is 5.55. The largest absolute Gasteiger partial charge is 0.478 e. The molecule has 2 aromatic rings. The predicted molar refractivity (Wildman–Crippen MR) is 98.3 cm³/mol. The van der Waals surface area contributed by atoms with Crippen molar-refractivity contribution < 1.29 is 14.7 Å². The van der Waals surface area contributed by atoms with E-state index in [1.165, 1.54) is 31.4 Å². The Morgan fingerprint density at radius 3 is 2.54 bits per heavy atom. The maximum atomic E-state index is 12.1. The second kappa shape index (κ2) is 8.03. The van der Waals surface area contributed by atoms with Gasteiger partial charge in [-0.05, 0) is 37.5 Å². The van der Waals surface area contributed by atoms with E-state index >= 15 is 0 Å². The number of aromatic nitrogens is 2. The molecule has 138 valence electrons. The molecule has 3 rings (SSSR count). The highest BCUT2D eigenvalue weighted by Gasteiger charge is 2.18. The van der Waals surface area contributed by atoms with E-state index in [-0.39, 0.29) is 11.6 Å². The molecule has 7 heteroatoms. The zero-order valence-corrected chi connectivity index (χ0v) is 14.9. The van der Waals surface area contributed by atoms with Crippen LogP contribution in [0.5, 0.6) is 0 Å². The molecule has 1 aliphatic carbocycles. The molecular formula is C19H24N4O3. The number of anilines is 1. The summed E-state index contributed by atoms with van der Waals surface area (Å²) >= 11 is 0. The highest BCUT2D eigenvalue weighted by atomic mass is 16.4. The number of amides is 2. The van der Waals surface area contributed by atoms with Crippen molar-refractivity contribution in [3.8, 4) is 0 Å². The van der Waals surface area contributed by atoms with Gasteiger partial charge in [-0.2, -0.15) is 5.10 Å². The Hall–Kier alpha value is -2.83. The molecule has 0 bridgehead atoms. The van der Waals surface area contributed by atoms with Gasteiger partial charge in [0, 0.05) is 18.3 Å². The van der Waals surface area contributed by atoms with Gasteiger partial charge in [0.15, 0.2) is 5.82 Å². The first-order valence-electron chi connectivity index (χ1n) is 8.96. The molecule has 3 N–H and O–H groups in total. The molecule has 1 heterocycles. The molecular weight excluding hydrogens is 332 g/mol. The molecule has 0 atom stereocenters. The van der Waals surface area contributed by atoms with Crippen LogP contribution in [0.3, 0.4) is 0 Å². The van der Waals surface area contributed by atoms with Gasteiger partial charge in [0.05, 0.1) is 11.6 Å². The number of carbonyl (C=O) groups excluding carboxylic acids is 1. The topological polar surface area (TPSA) is 96.2 Å². The van der Waals surface area contributed by atoms with Gasteiger partial charge in [-0.3, -0.25) is 10.00 Å². The standard InChI is InChI=1S/C19H24N4O3/c1-13-11-17(22-23(13)16-5-3-2-4-6-16)21-19(26)20-12-14-7-9-15(10-8-14)18(24)25/h7-11,16H,2-6,12H2,1H3,(H,24,25)(H2,20,21,22,26). The van der Waals surface area contributed by atoms with E-state index in [0.29, 0.717) is 18.4 Å². The van der Waals surface area contributed by atoms with Gasteiger partial charge in [-0.25, -0.2) is 9.59 Å². The smallest absolute Gasteiger partial charge is 0.335 e. The normalized spacial score (nSPS) is 14.8. The molecule has 0 radical (unpaired) electrons. The van der Waals surface area contributed by atoms with E-state index in [2.05, 4.69) is 15.7 Å². The Balaban J connectivity index is 1.54. The lowest BCUT2D eigenvalue weighted by molar-refractivity contribution is 0.0697. The second-order valence-electron chi connectivity index (χ2n) is 6.72. The number of aryl methyl sites for hydroxylation is 1. The average Bonchev–Trinajstić information content (AvgIpc) is 3.01. The molecule has 1 aromatic carbocycles. The second-order valence-corrected chi connectivity index (χ2v) is 6.72. The Morgan fingerprint density at radius 2 is 1.88 bits per heavy atom. The molecule has 1 fully saturated rings. The van der Waals surface area contributed by atoms with E-state index in [9.17, 15) is 9.59 Å². The minimum Gasteiger partial charge on any atom is -0.478 e. The lowest BCUT2D eigenvalue weighted by atomic mass is 9.95. The van der Waals surface area contributed by atoms with Crippen molar-refractivity contribution in [2.45, 2.75) is 51.6 Å². The first-order chi connectivity index (χ1) is 12.5. The summed E-state index contributed by atoms with van der Waals surface area (Å²) in [5.74, 6) is -0.419. The van der Waals surface area contributed by atoms with Crippen LogP contribution in [0, 0.1) is 6.92 Å². The quantitative estimate of drug-likeness (QED) is 0.761. The number of urea groups is 1. The molecule has 2 amide bonds. The summed E-state index contributed by atoms with van der Waals surface area (Å²) in [6.07, 6.45) is 6.03. The van der Waals surface area contributed by atoms with Crippen molar-refractivity contribution in [3.63, 3.8) is 0 Å². The number of aromatic carboxylic acids is 1. The number of carboxylic acid groups (broad SMARTS) is 1. The van der Waals surface area contributed by atoms with Crippen LogP contribution in [-0.2, 0) is 6.54 Å². The zero-order chi connectivity index (χ0) is 18.5. The van der Waals surface area contributed by atoms with Crippen molar-refractivity contribution in [1.29, 1.82) is 0 Å². The van der Waals surface area contributed by atoms with Crippen LogP contribution in [0.25, 0.3) is 0 Å². The molecule has 7 nitrogen and oxygen atoms in total. The summed E-state index contributed by atoms with van der Waals surface area (Å²) in [5, 5.41) is 19.0. The van der Waals surface area contributed by atoms with Gasteiger partial charge in [0.25, 0.3) is 0 Å². The Morgan fingerprint density at radius 1 is 1.19 bits per heavy atom. The summed E-state index contributed by atoms with van der Waals surface area (Å²) in [7, 11) is 0. The zero-order valence-electron chi connectivity index (χ0n) is 14.9. The van der Waals surface area contributed by atoms with Crippen molar-refractivity contribution in [2.75, 3.05) is 5.32 Å². The number of carboxylic acids is 1. The number of carbonyl (C=O) groups is 2. The lowest BCUT2D eigenvalue weighted by Gasteiger charge is -2.23. The molecule has 1 aliphatic rings. The van der Waals surface area contributed by atoms with Crippen molar-refractivity contribution in [3.05, 3.63) is 47.2 Å². The van der Waals surface area contributed by atoms with E-state index in [4.69, 9.17) is 5.11 Å². The van der Waals surface area contributed by atoms with E-state index in [1.807, 2.05) is 17.7 Å². The van der Waals surface area contributed by atoms with Crippen LogP contribution in [0.1, 0.15) is 59.8 Å². The van der Waals surface area contributed by atoms with Crippen LogP contribution in [0.4, 0.5) is 10.6 Å². The Bertz CT molecular complexity index is 777. The minimum atomic E-state index is -0.967. The van der Waals surface area contributed by atoms with Gasteiger partial charge >= 0.3 is 12.0 Å². The number of rotatable bonds is 5. The highest BCUT2D eigenvalue weighted by Crippen LogP contribution is 2.29. The van der Waals surface area contributed by atoms with Gasteiger partial charge in [-0.1, -0.05) is 31.4 Å². The molecule has 1 saturated carbocycles. The molecule has 0 aliphatic heterocycles. The minimum absolute atomic E-state index is 0.224. The molecule has 1 aromatic heterocycles. The first kappa shape index (κ1) is 18.0. The van der Waals surface area contributed by atoms with Gasteiger partial charge in [0.1, 0.15) is 0 Å². The summed E-state index contributed by atoms with van der Waals surface area (Å²) < 4.78 is 2.03. The SMILES string of the molecule is Cc1cc(NC(=O)NCc2ccc(C(=O)O)cc2)nn1C1CCCCC1. The van der Waals surface area contributed by atoms with E-state index < -0.39 is 5.97 Å². The van der Waals surface area contributed by atoms with Gasteiger partial charge < -0.3 is 10.4 Å². The van der Waals surface area contributed by atoms with Crippen molar-refractivity contribution in [1.82, 2.24) is 15.1 Å². The monoisotopic (exact) mass is 356 g/mol. The van der Waals surface area contributed by atoms with Crippen LogP contribution in [0.2, 0.25) is 0 Å². The number of benzene rings is 1. The number of hydrogen-bond donors (Lipinski definition) is 3. The molecule has 0 spiro atoms. The average molecular weight is 356 g/mol. The van der Waals surface area contributed by atoms with Crippen LogP contribution in [0.15, 0.2) is 30.3 Å². The lowest BCUT2D eigenvalue weighted by Crippen LogP contribution is -2.28. The predicted octanol–water partition coefficient (Wildman–Crippen LogP) is 3.72. The Labute approximate surface area is 152 Å². The fraction of sp³-hybridized carbons (Fsp3) is 0.421. The highest BCUT2D eigenvalue weighted by molar-refractivity contribution is 5.88. The number of nitrogens with one attached hydrogen (secondary N) is 2. The van der Waals surface area contributed by atoms with Crippen molar-refractivity contribution in [2.24, 2.45) is 0 Å². The summed E-state index contributed by atoms with van der Waals surface area (Å²) in [5.41, 5.74) is 2.10. The van der Waals surface area contributed by atoms with Crippen LogP contribution in [-0.4, -0.2) is 26.9 Å². The summed E-state index contributed by atoms with van der Waals surface area (Å²) in [4.78, 5) is 22.9.